The van der Waals surface area contributed by atoms with Gasteiger partial charge in [-0.05, 0) is 67.8 Å². The van der Waals surface area contributed by atoms with Gasteiger partial charge in [0.05, 0.1) is 0 Å². The number of hydrogen-bond donors (Lipinski definition) is 3. The van der Waals surface area contributed by atoms with Gasteiger partial charge in [-0.15, -0.1) is 0 Å². The zero-order valence-electron chi connectivity index (χ0n) is 23.5. The molecule has 11 heteroatoms. The van der Waals surface area contributed by atoms with Crippen LogP contribution in [0.15, 0.2) is 67.0 Å². The zero-order valence-corrected chi connectivity index (χ0v) is 23.5. The summed E-state index contributed by atoms with van der Waals surface area (Å²) >= 11 is 0. The first-order valence-corrected chi connectivity index (χ1v) is 14.6. The highest BCUT2D eigenvalue weighted by Crippen LogP contribution is 2.25. The van der Waals surface area contributed by atoms with E-state index in [9.17, 15) is 14.4 Å². The number of hydrogen-bond acceptors (Lipinski definition) is 9. The Morgan fingerprint density at radius 2 is 1.57 bits per heavy atom. The topological polar surface area (TPSA) is 123 Å². The summed E-state index contributed by atoms with van der Waals surface area (Å²) in [7, 11) is 0. The Morgan fingerprint density at radius 3 is 2.29 bits per heavy atom. The average Bonchev–Trinajstić information content (AvgIpc) is 3.03. The number of benzene rings is 2. The van der Waals surface area contributed by atoms with Crippen molar-refractivity contribution >= 4 is 40.7 Å². The molecule has 3 aliphatic heterocycles. The van der Waals surface area contributed by atoms with Crippen LogP contribution in [-0.2, 0) is 9.59 Å². The number of carbonyl (C=O) groups excluding carboxylic acids is 3. The van der Waals surface area contributed by atoms with Crippen molar-refractivity contribution in [3.05, 3.63) is 72.6 Å². The van der Waals surface area contributed by atoms with Crippen LogP contribution in [0, 0.1) is 0 Å². The minimum absolute atomic E-state index is 0.0157. The van der Waals surface area contributed by atoms with Crippen LogP contribution in [0.3, 0.4) is 0 Å². The van der Waals surface area contributed by atoms with E-state index in [1.54, 1.807) is 24.5 Å². The van der Waals surface area contributed by atoms with Gasteiger partial charge in [-0.3, -0.25) is 24.6 Å². The van der Waals surface area contributed by atoms with E-state index in [0.29, 0.717) is 36.1 Å². The lowest BCUT2D eigenvalue weighted by atomic mass is 10.0. The molecule has 1 aromatic heterocycles. The van der Waals surface area contributed by atoms with Gasteiger partial charge in [-0.25, -0.2) is 9.97 Å². The molecule has 0 spiro atoms. The van der Waals surface area contributed by atoms with Gasteiger partial charge in [0.25, 0.3) is 5.91 Å². The first kappa shape index (κ1) is 27.6. The molecule has 3 aliphatic rings. The summed E-state index contributed by atoms with van der Waals surface area (Å²) in [6.07, 6.45) is 6.11. The maximum absolute atomic E-state index is 13.3. The van der Waals surface area contributed by atoms with Crippen molar-refractivity contribution in [2.75, 3.05) is 54.8 Å². The molecule has 3 N–H and O–H groups in total. The lowest BCUT2D eigenvalue weighted by Gasteiger charge is -2.43. The first-order valence-electron chi connectivity index (χ1n) is 14.6. The van der Waals surface area contributed by atoms with E-state index in [2.05, 4.69) is 60.0 Å². The second-order valence-corrected chi connectivity index (χ2v) is 11.0. The molecule has 3 fully saturated rings. The third kappa shape index (κ3) is 6.52. The summed E-state index contributed by atoms with van der Waals surface area (Å²) in [5.74, 6) is 0.0325. The molecule has 0 aliphatic carbocycles. The van der Waals surface area contributed by atoms with Crippen molar-refractivity contribution < 1.29 is 14.4 Å². The van der Waals surface area contributed by atoms with Crippen molar-refractivity contribution in [2.24, 2.45) is 0 Å². The Balaban J connectivity index is 0.964. The van der Waals surface area contributed by atoms with Crippen molar-refractivity contribution in [2.45, 2.75) is 37.8 Å². The van der Waals surface area contributed by atoms with Gasteiger partial charge >= 0.3 is 0 Å². The molecule has 1 unspecified atom stereocenters. The number of imide groups is 1. The van der Waals surface area contributed by atoms with Crippen molar-refractivity contribution in [3.8, 4) is 0 Å². The fourth-order valence-corrected chi connectivity index (χ4v) is 5.98. The summed E-state index contributed by atoms with van der Waals surface area (Å²) in [6.45, 7) is 5.42. The molecule has 2 aromatic carbocycles. The van der Waals surface area contributed by atoms with E-state index >= 15 is 0 Å². The second-order valence-electron chi connectivity index (χ2n) is 11.0. The highest BCUT2D eigenvalue weighted by Gasteiger charge is 2.30. The van der Waals surface area contributed by atoms with Crippen molar-refractivity contribution in [3.63, 3.8) is 0 Å². The molecule has 0 bridgehead atoms. The Hall–Kier alpha value is -4.51. The van der Waals surface area contributed by atoms with Gasteiger partial charge in [-0.2, -0.15) is 0 Å². The van der Waals surface area contributed by atoms with Crippen LogP contribution in [-0.4, -0.2) is 88.8 Å². The third-order valence-electron chi connectivity index (χ3n) is 8.33. The van der Waals surface area contributed by atoms with Crippen molar-refractivity contribution in [1.29, 1.82) is 0 Å². The van der Waals surface area contributed by atoms with Crippen LogP contribution >= 0.6 is 0 Å². The predicted molar refractivity (Wildman–Crippen MR) is 161 cm³/mol. The Bertz CT molecular complexity index is 1400. The largest absolute Gasteiger partial charge is 0.374 e. The zero-order chi connectivity index (χ0) is 28.9. The maximum Gasteiger partial charge on any atom is 0.253 e. The van der Waals surface area contributed by atoms with Crippen molar-refractivity contribution in [1.82, 2.24) is 25.1 Å². The lowest BCUT2D eigenvalue weighted by molar-refractivity contribution is -0.133. The van der Waals surface area contributed by atoms with E-state index in [0.717, 1.165) is 57.8 Å². The lowest BCUT2D eigenvalue weighted by Crippen LogP contribution is -2.53. The molecular weight excluding hydrogens is 532 g/mol. The second kappa shape index (κ2) is 12.6. The fraction of sp³-hybridized carbons (Fsp3) is 0.387. The monoisotopic (exact) mass is 568 g/mol. The Kier molecular flexibility index (Phi) is 8.27. The maximum atomic E-state index is 13.3. The highest BCUT2D eigenvalue weighted by atomic mass is 16.2. The Morgan fingerprint density at radius 1 is 0.833 bits per heavy atom. The number of anilines is 4. The van der Waals surface area contributed by atoms with Crippen LogP contribution in [0.4, 0.5) is 23.0 Å². The molecule has 0 radical (unpaired) electrons. The predicted octanol–water partition coefficient (Wildman–Crippen LogP) is 2.86. The number of amides is 3. The smallest absolute Gasteiger partial charge is 0.253 e. The van der Waals surface area contributed by atoms with Crippen LogP contribution < -0.4 is 20.9 Å². The first-order chi connectivity index (χ1) is 20.5. The summed E-state index contributed by atoms with van der Waals surface area (Å²) < 4.78 is 0. The molecule has 0 saturated carbocycles. The fourth-order valence-electron chi connectivity index (χ4n) is 5.98. The average molecular weight is 569 g/mol. The highest BCUT2D eigenvalue weighted by molar-refractivity contribution is 6.01. The molecule has 1 atom stereocenters. The van der Waals surface area contributed by atoms with Gasteiger partial charge in [0, 0.05) is 86.8 Å². The third-order valence-corrected chi connectivity index (χ3v) is 8.33. The van der Waals surface area contributed by atoms with E-state index in [-0.39, 0.29) is 17.7 Å². The Labute approximate surface area is 245 Å². The number of likely N-dealkylation sites (tertiary alicyclic amines) is 1. The number of piperazine rings is 1. The van der Waals surface area contributed by atoms with Gasteiger partial charge in [-0.1, -0.05) is 6.07 Å². The molecule has 218 valence electrons. The van der Waals surface area contributed by atoms with Crippen LogP contribution in [0.1, 0.15) is 36.0 Å². The molecule has 42 heavy (non-hydrogen) atoms. The summed E-state index contributed by atoms with van der Waals surface area (Å²) in [5, 5.41) is 8.76. The quantitative estimate of drug-likeness (QED) is 0.369. The van der Waals surface area contributed by atoms with E-state index in [1.165, 1.54) is 5.69 Å². The van der Waals surface area contributed by atoms with Crippen LogP contribution in [0.2, 0.25) is 0 Å². The van der Waals surface area contributed by atoms with E-state index in [1.807, 2.05) is 23.1 Å². The van der Waals surface area contributed by atoms with E-state index in [4.69, 9.17) is 0 Å². The minimum atomic E-state index is -0.477. The van der Waals surface area contributed by atoms with Gasteiger partial charge in [0.1, 0.15) is 6.04 Å². The van der Waals surface area contributed by atoms with Crippen LogP contribution in [0.25, 0.3) is 0 Å². The minimum Gasteiger partial charge on any atom is -0.374 e. The SMILES string of the molecule is O=C1CCC(Nc2cccc(C(=O)N3CCC(N4CCN(c5ccc(Nc6ncccn6)cc5)CC4)CC3)c2)C(=O)N1. The normalized spacial score (nSPS) is 20.2. The number of rotatable bonds is 7. The number of nitrogens with one attached hydrogen (secondary N) is 3. The summed E-state index contributed by atoms with van der Waals surface area (Å²) in [5.41, 5.74) is 3.49. The number of carbonyl (C=O) groups is 3. The number of aromatic nitrogens is 2. The molecule has 6 rings (SSSR count). The van der Waals surface area contributed by atoms with Crippen LogP contribution in [0.5, 0.6) is 0 Å². The number of nitrogens with zero attached hydrogens (tertiary/aromatic N) is 5. The molecule has 11 nitrogen and oxygen atoms in total. The summed E-state index contributed by atoms with van der Waals surface area (Å²) in [4.78, 5) is 52.2. The molecule has 3 aromatic rings. The molecule has 4 heterocycles. The van der Waals surface area contributed by atoms with Gasteiger partial charge < -0.3 is 20.4 Å². The molecular formula is C31H36N8O3. The number of piperidine rings is 2. The van der Waals surface area contributed by atoms with E-state index < -0.39 is 6.04 Å². The standard InChI is InChI=1S/C31H36N8O3/c40-28-10-9-27(29(41)36-28)34-24-4-1-3-22(21-24)30(42)39-15-11-26(12-16-39)38-19-17-37(18-20-38)25-7-5-23(6-8-25)35-31-32-13-2-14-33-31/h1-8,13-14,21,26-27,34H,9-12,15-20H2,(H,32,33,35)(H,36,40,41). The molecule has 3 amide bonds. The van der Waals surface area contributed by atoms with Gasteiger partial charge in [0.2, 0.25) is 17.8 Å². The van der Waals surface area contributed by atoms with Gasteiger partial charge in [0.15, 0.2) is 0 Å². The molecule has 3 saturated heterocycles. The summed E-state index contributed by atoms with van der Waals surface area (Å²) in [6, 6.07) is 17.5.